The summed E-state index contributed by atoms with van der Waals surface area (Å²) in [4.78, 5) is 23.8. The Labute approximate surface area is 122 Å². The van der Waals surface area contributed by atoms with Gasteiger partial charge >= 0.3 is 12.1 Å². The zero-order valence-corrected chi connectivity index (χ0v) is 12.0. The Morgan fingerprint density at radius 2 is 1.95 bits per heavy atom. The molecule has 0 spiro atoms. The number of carbonyl (C=O) groups excluding carboxylic acids is 1. The second-order valence-corrected chi connectivity index (χ2v) is 6.83. The van der Waals surface area contributed by atoms with Crippen LogP contribution >= 0.6 is 0 Å². The first-order chi connectivity index (χ1) is 9.92. The fourth-order valence-electron chi connectivity index (χ4n) is 2.13. The maximum atomic E-state index is 11.9. The van der Waals surface area contributed by atoms with Crippen molar-refractivity contribution in [3.63, 3.8) is 0 Å². The molecule has 1 atom stereocenters. The third-order valence-corrected chi connectivity index (χ3v) is 5.10. The van der Waals surface area contributed by atoms with Gasteiger partial charge in [0.05, 0.1) is 5.75 Å². The molecule has 0 radical (unpaired) electrons. The summed E-state index contributed by atoms with van der Waals surface area (Å²) in [5, 5.41) is 7.18. The molecule has 7 nitrogen and oxygen atoms in total. The zero-order chi connectivity index (χ0) is 15.5. The van der Waals surface area contributed by atoms with Crippen LogP contribution in [0.3, 0.4) is 0 Å². The monoisotopic (exact) mass is 313 g/mol. The van der Waals surface area contributed by atoms with Gasteiger partial charge in [0, 0.05) is 6.54 Å². The van der Waals surface area contributed by atoms with Crippen molar-refractivity contribution in [3.05, 3.63) is 35.9 Å². The molecular formula is C13H15NO6S. The van der Waals surface area contributed by atoms with Crippen molar-refractivity contribution in [3.8, 4) is 0 Å². The summed E-state index contributed by atoms with van der Waals surface area (Å²) in [5.41, 5.74) is 0.734. The molecule has 0 bridgehead atoms. The minimum Gasteiger partial charge on any atom is -0.479 e. The molecule has 1 aromatic carbocycles. The predicted octanol–water partition coefficient (Wildman–Crippen LogP) is 0.854. The van der Waals surface area contributed by atoms with Crippen LogP contribution < -0.4 is 0 Å². The standard InChI is InChI=1S/C13H15NO6S/c15-12(16)11-14(7-4-8-21(11,18)19)13(17)20-9-10-5-2-1-3-6-10/h1-3,5-6,11H,4,7-9H2,(H,15,16). The predicted molar refractivity (Wildman–Crippen MR) is 73.2 cm³/mol. The normalized spacial score (nSPS) is 20.8. The van der Waals surface area contributed by atoms with Crippen LogP contribution in [0.4, 0.5) is 4.79 Å². The molecule has 1 aromatic rings. The van der Waals surface area contributed by atoms with Crippen LogP contribution in [0.15, 0.2) is 30.3 Å². The molecule has 8 heteroatoms. The van der Waals surface area contributed by atoms with Crippen LogP contribution in [0.25, 0.3) is 0 Å². The van der Waals surface area contributed by atoms with E-state index in [0.717, 1.165) is 10.5 Å². The van der Waals surface area contributed by atoms with Crippen LogP contribution in [0.1, 0.15) is 12.0 Å². The van der Waals surface area contributed by atoms with Gasteiger partial charge in [-0.2, -0.15) is 0 Å². The second kappa shape index (κ2) is 6.13. The van der Waals surface area contributed by atoms with E-state index in [1.54, 1.807) is 24.3 Å². The third-order valence-electron chi connectivity index (χ3n) is 3.10. The maximum Gasteiger partial charge on any atom is 0.411 e. The van der Waals surface area contributed by atoms with Gasteiger partial charge in [0.15, 0.2) is 9.84 Å². The smallest absolute Gasteiger partial charge is 0.411 e. The average molecular weight is 313 g/mol. The number of hydrogen-bond acceptors (Lipinski definition) is 5. The molecule has 0 aliphatic carbocycles. The van der Waals surface area contributed by atoms with Gasteiger partial charge < -0.3 is 9.84 Å². The lowest BCUT2D eigenvalue weighted by molar-refractivity contribution is -0.139. The Balaban J connectivity index is 2.08. The zero-order valence-electron chi connectivity index (χ0n) is 11.1. The largest absolute Gasteiger partial charge is 0.479 e. The number of carboxylic acid groups (broad SMARTS) is 1. The Morgan fingerprint density at radius 3 is 2.57 bits per heavy atom. The molecular weight excluding hydrogens is 298 g/mol. The quantitative estimate of drug-likeness (QED) is 0.888. The molecule has 0 saturated carbocycles. The van der Waals surface area contributed by atoms with Gasteiger partial charge in [-0.1, -0.05) is 30.3 Å². The third kappa shape index (κ3) is 3.52. The molecule has 1 aliphatic rings. The van der Waals surface area contributed by atoms with E-state index in [2.05, 4.69) is 0 Å². The van der Waals surface area contributed by atoms with E-state index >= 15 is 0 Å². The van der Waals surface area contributed by atoms with Crippen LogP contribution in [-0.2, 0) is 26.0 Å². The summed E-state index contributed by atoms with van der Waals surface area (Å²) in [7, 11) is -3.87. The first kappa shape index (κ1) is 15.3. The number of carboxylic acids is 1. The lowest BCUT2D eigenvalue weighted by Crippen LogP contribution is -2.54. The number of nitrogens with zero attached hydrogens (tertiary/aromatic N) is 1. The minimum atomic E-state index is -3.87. The molecule has 114 valence electrons. The molecule has 1 fully saturated rings. The summed E-state index contributed by atoms with van der Waals surface area (Å²) >= 11 is 0. The van der Waals surface area contributed by atoms with E-state index < -0.39 is 27.3 Å². The highest BCUT2D eigenvalue weighted by atomic mass is 32.2. The van der Waals surface area contributed by atoms with Crippen molar-refractivity contribution >= 4 is 21.9 Å². The van der Waals surface area contributed by atoms with Crippen molar-refractivity contribution in [1.29, 1.82) is 0 Å². The Morgan fingerprint density at radius 1 is 1.29 bits per heavy atom. The number of hydrogen-bond donors (Lipinski definition) is 1. The summed E-state index contributed by atoms with van der Waals surface area (Å²) in [6.45, 7) is 0.00633. The number of amides is 1. The van der Waals surface area contributed by atoms with Gasteiger partial charge in [0.2, 0.25) is 5.37 Å². The number of ether oxygens (including phenoxy) is 1. The topological polar surface area (TPSA) is 101 Å². The van der Waals surface area contributed by atoms with Crippen molar-refractivity contribution in [1.82, 2.24) is 4.90 Å². The highest BCUT2D eigenvalue weighted by Gasteiger charge is 2.44. The molecule has 1 unspecified atom stereocenters. The number of carbonyl (C=O) groups is 2. The molecule has 1 heterocycles. The van der Waals surface area contributed by atoms with Gasteiger partial charge in [-0.25, -0.2) is 18.0 Å². The summed E-state index contributed by atoms with van der Waals surface area (Å²) < 4.78 is 28.6. The van der Waals surface area contributed by atoms with Crippen molar-refractivity contribution < 1.29 is 27.9 Å². The minimum absolute atomic E-state index is 0.0391. The number of aliphatic carboxylic acids is 1. The molecule has 1 saturated heterocycles. The SMILES string of the molecule is O=C(O)C1N(C(=O)OCc2ccccc2)CCCS1(=O)=O. The van der Waals surface area contributed by atoms with Gasteiger partial charge in [0.1, 0.15) is 6.61 Å². The van der Waals surface area contributed by atoms with Gasteiger partial charge in [0.25, 0.3) is 0 Å². The van der Waals surface area contributed by atoms with Gasteiger partial charge in [-0.15, -0.1) is 0 Å². The molecule has 1 amide bonds. The van der Waals surface area contributed by atoms with Crippen molar-refractivity contribution in [2.24, 2.45) is 0 Å². The first-order valence-electron chi connectivity index (χ1n) is 6.33. The summed E-state index contributed by atoms with van der Waals surface area (Å²) in [6.07, 6.45) is -0.735. The van der Waals surface area contributed by atoms with E-state index in [4.69, 9.17) is 9.84 Å². The van der Waals surface area contributed by atoms with Crippen LogP contribution in [0, 0.1) is 0 Å². The average Bonchev–Trinajstić information content (AvgIpc) is 2.44. The van der Waals surface area contributed by atoms with E-state index in [-0.39, 0.29) is 25.3 Å². The van der Waals surface area contributed by atoms with Crippen LogP contribution in [-0.4, -0.2) is 48.2 Å². The molecule has 1 aliphatic heterocycles. The fraction of sp³-hybridized carbons (Fsp3) is 0.385. The van der Waals surface area contributed by atoms with Crippen LogP contribution in [0.5, 0.6) is 0 Å². The number of rotatable bonds is 3. The van der Waals surface area contributed by atoms with E-state index in [1.807, 2.05) is 6.07 Å². The Bertz CT molecular complexity index is 627. The van der Waals surface area contributed by atoms with Gasteiger partial charge in [-0.05, 0) is 12.0 Å². The van der Waals surface area contributed by atoms with E-state index in [9.17, 15) is 18.0 Å². The van der Waals surface area contributed by atoms with E-state index in [0.29, 0.717) is 0 Å². The van der Waals surface area contributed by atoms with Gasteiger partial charge in [-0.3, -0.25) is 4.90 Å². The molecule has 0 aromatic heterocycles. The van der Waals surface area contributed by atoms with E-state index in [1.165, 1.54) is 0 Å². The summed E-state index contributed by atoms with van der Waals surface area (Å²) in [5.74, 6) is -1.81. The van der Waals surface area contributed by atoms with Crippen molar-refractivity contribution in [2.75, 3.05) is 12.3 Å². The Hall–Kier alpha value is -2.09. The lowest BCUT2D eigenvalue weighted by Gasteiger charge is -2.31. The lowest BCUT2D eigenvalue weighted by atomic mass is 10.2. The van der Waals surface area contributed by atoms with Crippen LogP contribution in [0.2, 0.25) is 0 Å². The number of sulfone groups is 1. The molecule has 2 rings (SSSR count). The molecule has 1 N–H and O–H groups in total. The highest BCUT2D eigenvalue weighted by Crippen LogP contribution is 2.19. The second-order valence-electron chi connectivity index (χ2n) is 4.64. The number of benzene rings is 1. The maximum absolute atomic E-state index is 11.9. The fourth-order valence-corrected chi connectivity index (χ4v) is 3.78. The Kier molecular flexibility index (Phi) is 4.46. The van der Waals surface area contributed by atoms with Crippen molar-refractivity contribution in [2.45, 2.75) is 18.4 Å². The summed E-state index contributed by atoms with van der Waals surface area (Å²) in [6, 6.07) is 8.84. The first-order valence-corrected chi connectivity index (χ1v) is 8.05. The highest BCUT2D eigenvalue weighted by molar-refractivity contribution is 7.92. The molecule has 21 heavy (non-hydrogen) atoms.